The van der Waals surface area contributed by atoms with Gasteiger partial charge >= 0.3 is 12.1 Å². The summed E-state index contributed by atoms with van der Waals surface area (Å²) < 4.78 is 37.7. The maximum atomic E-state index is 12.6. The maximum absolute atomic E-state index is 12.6. The number of hydrogen-bond acceptors (Lipinski definition) is 3. The molecule has 0 unspecified atom stereocenters. The van der Waals surface area contributed by atoms with E-state index < -0.39 is 17.7 Å². The molecule has 0 radical (unpaired) electrons. The summed E-state index contributed by atoms with van der Waals surface area (Å²) in [4.78, 5) is 18.4. The van der Waals surface area contributed by atoms with Crippen LogP contribution in [0.1, 0.15) is 21.6 Å². The van der Waals surface area contributed by atoms with E-state index in [2.05, 4.69) is 9.97 Å². The molecule has 1 heterocycles. The highest BCUT2D eigenvalue weighted by Crippen LogP contribution is 2.32. The Kier molecular flexibility index (Phi) is 3.44. The Morgan fingerprint density at radius 1 is 1.25 bits per heavy atom. The quantitative estimate of drug-likeness (QED) is 0.919. The van der Waals surface area contributed by atoms with Crippen molar-refractivity contribution in [2.45, 2.75) is 13.1 Å². The first-order chi connectivity index (χ1) is 9.29. The second-order valence-electron chi connectivity index (χ2n) is 4.12. The van der Waals surface area contributed by atoms with Crippen molar-refractivity contribution < 1.29 is 23.1 Å². The minimum atomic E-state index is -4.42. The van der Waals surface area contributed by atoms with E-state index in [1.165, 1.54) is 19.2 Å². The monoisotopic (exact) mass is 282 g/mol. The third-order valence-electron chi connectivity index (χ3n) is 2.68. The molecular weight excluding hydrogens is 273 g/mol. The average Bonchev–Trinajstić information content (AvgIpc) is 2.37. The Morgan fingerprint density at radius 3 is 2.50 bits per heavy atom. The van der Waals surface area contributed by atoms with Crippen molar-refractivity contribution in [3.63, 3.8) is 0 Å². The molecular formula is C13H9F3N2O2. The normalized spacial score (nSPS) is 11.4. The van der Waals surface area contributed by atoms with Crippen LogP contribution in [0.2, 0.25) is 0 Å². The minimum absolute atomic E-state index is 0.219. The van der Waals surface area contributed by atoms with Gasteiger partial charge in [0.1, 0.15) is 0 Å². The molecule has 0 aliphatic rings. The Bertz CT molecular complexity index is 669. The number of benzene rings is 1. The van der Waals surface area contributed by atoms with E-state index in [0.717, 1.165) is 18.3 Å². The van der Waals surface area contributed by atoms with Gasteiger partial charge < -0.3 is 5.11 Å². The second-order valence-corrected chi connectivity index (χ2v) is 4.12. The molecule has 0 fully saturated rings. The molecule has 0 saturated heterocycles. The average molecular weight is 282 g/mol. The summed E-state index contributed by atoms with van der Waals surface area (Å²) in [6.45, 7) is 1.50. The fraction of sp³-hybridized carbons (Fsp3) is 0.154. The number of carboxylic acid groups (broad SMARTS) is 1. The first kappa shape index (κ1) is 14.0. The molecule has 4 nitrogen and oxygen atoms in total. The third kappa shape index (κ3) is 2.76. The summed E-state index contributed by atoms with van der Waals surface area (Å²) in [5.74, 6) is -1.25. The Morgan fingerprint density at radius 2 is 1.95 bits per heavy atom. The number of carbonyl (C=O) groups is 1. The number of alkyl halides is 3. The van der Waals surface area contributed by atoms with Gasteiger partial charge in [-0.2, -0.15) is 13.2 Å². The van der Waals surface area contributed by atoms with Gasteiger partial charge in [-0.25, -0.2) is 9.78 Å². The lowest BCUT2D eigenvalue weighted by atomic mass is 10.0. The van der Waals surface area contributed by atoms with E-state index >= 15 is 0 Å². The zero-order chi connectivity index (χ0) is 14.9. The lowest BCUT2D eigenvalue weighted by Gasteiger charge is -2.10. The van der Waals surface area contributed by atoms with Crippen LogP contribution in [-0.4, -0.2) is 21.0 Å². The molecule has 0 atom stereocenters. The van der Waals surface area contributed by atoms with Crippen LogP contribution in [0.5, 0.6) is 0 Å². The molecule has 0 bridgehead atoms. The fourth-order valence-electron chi connectivity index (χ4n) is 1.73. The zero-order valence-electron chi connectivity index (χ0n) is 10.3. The van der Waals surface area contributed by atoms with Crippen molar-refractivity contribution in [2.24, 2.45) is 0 Å². The summed E-state index contributed by atoms with van der Waals surface area (Å²) in [5, 5.41) is 8.82. The van der Waals surface area contributed by atoms with Crippen LogP contribution in [0.3, 0.4) is 0 Å². The molecule has 1 N–H and O–H groups in total. The topological polar surface area (TPSA) is 63.1 Å². The number of rotatable bonds is 2. The number of halogens is 3. The van der Waals surface area contributed by atoms with Gasteiger partial charge in [-0.3, -0.25) is 4.98 Å². The summed E-state index contributed by atoms with van der Waals surface area (Å²) >= 11 is 0. The number of nitrogens with zero attached hydrogens (tertiary/aromatic N) is 2. The minimum Gasteiger partial charge on any atom is -0.476 e. The molecule has 20 heavy (non-hydrogen) atoms. The zero-order valence-corrected chi connectivity index (χ0v) is 10.3. The van der Waals surface area contributed by atoms with Crippen LogP contribution >= 0.6 is 0 Å². The van der Waals surface area contributed by atoms with Crippen LogP contribution in [0.25, 0.3) is 11.3 Å². The lowest BCUT2D eigenvalue weighted by Crippen LogP contribution is -2.06. The van der Waals surface area contributed by atoms with Crippen LogP contribution in [0.4, 0.5) is 13.2 Å². The van der Waals surface area contributed by atoms with Gasteiger partial charge in [-0.15, -0.1) is 0 Å². The fourth-order valence-corrected chi connectivity index (χ4v) is 1.73. The smallest absolute Gasteiger partial charge is 0.416 e. The van der Waals surface area contributed by atoms with Gasteiger partial charge in [-0.1, -0.05) is 6.07 Å². The van der Waals surface area contributed by atoms with Crippen molar-refractivity contribution >= 4 is 5.97 Å². The van der Waals surface area contributed by atoms with Crippen LogP contribution in [0.15, 0.2) is 30.6 Å². The predicted molar refractivity (Wildman–Crippen MR) is 64.2 cm³/mol. The molecule has 0 saturated carbocycles. The van der Waals surface area contributed by atoms with Crippen molar-refractivity contribution in [2.75, 3.05) is 0 Å². The van der Waals surface area contributed by atoms with E-state index in [9.17, 15) is 18.0 Å². The number of aryl methyl sites for hydroxylation is 1. The number of aromatic nitrogens is 2. The third-order valence-corrected chi connectivity index (χ3v) is 2.68. The number of aromatic carboxylic acids is 1. The molecule has 0 spiro atoms. The molecule has 0 amide bonds. The lowest BCUT2D eigenvalue weighted by molar-refractivity contribution is -0.137. The van der Waals surface area contributed by atoms with Crippen LogP contribution in [0, 0.1) is 6.92 Å². The summed E-state index contributed by atoms with van der Waals surface area (Å²) in [5.41, 5.74) is -0.0516. The van der Waals surface area contributed by atoms with Gasteiger partial charge in [0.15, 0.2) is 5.69 Å². The molecule has 1 aromatic heterocycles. The molecule has 2 rings (SSSR count). The van der Waals surface area contributed by atoms with Crippen LogP contribution < -0.4 is 0 Å². The highest BCUT2D eigenvalue weighted by Gasteiger charge is 2.30. The molecule has 104 valence electrons. The van der Waals surface area contributed by atoms with Crippen molar-refractivity contribution in [3.05, 3.63) is 47.4 Å². The van der Waals surface area contributed by atoms with Crippen molar-refractivity contribution in [1.29, 1.82) is 0 Å². The molecule has 0 aliphatic heterocycles. The molecule has 2 aromatic rings. The van der Waals surface area contributed by atoms with Crippen molar-refractivity contribution in [3.8, 4) is 11.3 Å². The molecule has 1 aromatic carbocycles. The Labute approximate surface area is 111 Å². The second kappa shape index (κ2) is 4.92. The number of hydrogen-bond donors (Lipinski definition) is 1. The van der Waals surface area contributed by atoms with Gasteiger partial charge in [0, 0.05) is 5.56 Å². The van der Waals surface area contributed by atoms with Gasteiger partial charge in [0.05, 0.1) is 23.7 Å². The largest absolute Gasteiger partial charge is 0.476 e. The summed E-state index contributed by atoms with van der Waals surface area (Å²) in [7, 11) is 0. The maximum Gasteiger partial charge on any atom is 0.416 e. The van der Waals surface area contributed by atoms with Gasteiger partial charge in [0.2, 0.25) is 0 Å². The Hall–Kier alpha value is -2.44. The van der Waals surface area contributed by atoms with E-state index in [1.54, 1.807) is 0 Å². The molecule has 0 aliphatic carbocycles. The highest BCUT2D eigenvalue weighted by atomic mass is 19.4. The molecule has 7 heteroatoms. The van der Waals surface area contributed by atoms with Gasteiger partial charge in [0.25, 0.3) is 0 Å². The summed E-state index contributed by atoms with van der Waals surface area (Å²) in [6, 6.07) is 3.18. The standard InChI is InChI=1S/C13H9F3N2O2/c1-7-4-8(13(14,15)16)2-3-9(7)10-5-17-6-11(18-10)12(19)20/h2-6H,1H3,(H,19,20). The van der Waals surface area contributed by atoms with E-state index in [0.29, 0.717) is 11.1 Å². The van der Waals surface area contributed by atoms with Crippen molar-refractivity contribution in [1.82, 2.24) is 9.97 Å². The van der Waals surface area contributed by atoms with Crippen LogP contribution in [-0.2, 0) is 6.18 Å². The predicted octanol–water partition coefficient (Wildman–Crippen LogP) is 3.17. The first-order valence-corrected chi connectivity index (χ1v) is 5.52. The Balaban J connectivity index is 2.49. The van der Waals surface area contributed by atoms with E-state index in [-0.39, 0.29) is 11.4 Å². The SMILES string of the molecule is Cc1cc(C(F)(F)F)ccc1-c1cncc(C(=O)O)n1. The van der Waals surface area contributed by atoms with E-state index in [4.69, 9.17) is 5.11 Å². The van der Waals surface area contributed by atoms with E-state index in [1.807, 2.05) is 0 Å². The highest BCUT2D eigenvalue weighted by molar-refractivity contribution is 5.85. The first-order valence-electron chi connectivity index (χ1n) is 5.52. The number of carboxylic acids is 1. The van der Waals surface area contributed by atoms with Gasteiger partial charge in [-0.05, 0) is 24.6 Å². The summed E-state index contributed by atoms with van der Waals surface area (Å²) in [6.07, 6.45) is -2.04.